The van der Waals surface area contributed by atoms with Gasteiger partial charge >= 0.3 is 6.03 Å². The largest absolute Gasteiger partial charge is 0.497 e. The maximum absolute atomic E-state index is 12.4. The standard InChI is InChI=1S/C20H27N3O6/c1-27-15-4-2-3-14(11-15)21-20(26)22-17-6-5-16(29-18(17)13-24)12-19(25)23-7-9-28-10-8-23/h2-6,11,16-18,24H,7-10,12-13H2,1H3,(H2,21,22,26)/t16-,17+,18-/m0/s1. The Morgan fingerprint density at radius 2 is 2.07 bits per heavy atom. The van der Waals surface area contributed by atoms with Gasteiger partial charge in [-0.2, -0.15) is 0 Å². The Hall–Kier alpha value is -2.62. The SMILES string of the molecule is COc1cccc(NC(=O)N[C@@H]2C=C[C@@H](CC(=O)N3CCOCC3)O[C@H]2CO)c1. The van der Waals surface area contributed by atoms with Crippen LogP contribution in [0.5, 0.6) is 5.75 Å². The van der Waals surface area contributed by atoms with Crippen molar-refractivity contribution in [2.45, 2.75) is 24.7 Å². The van der Waals surface area contributed by atoms with E-state index in [9.17, 15) is 14.7 Å². The van der Waals surface area contributed by atoms with E-state index >= 15 is 0 Å². The Labute approximate surface area is 169 Å². The van der Waals surface area contributed by atoms with Crippen LogP contribution in [0.1, 0.15) is 6.42 Å². The summed E-state index contributed by atoms with van der Waals surface area (Å²) in [6.45, 7) is 1.96. The first-order valence-corrected chi connectivity index (χ1v) is 9.61. The highest BCUT2D eigenvalue weighted by atomic mass is 16.5. The van der Waals surface area contributed by atoms with E-state index in [0.29, 0.717) is 37.7 Å². The maximum Gasteiger partial charge on any atom is 0.319 e. The van der Waals surface area contributed by atoms with Crippen LogP contribution in [0, 0.1) is 0 Å². The van der Waals surface area contributed by atoms with Crippen molar-refractivity contribution in [1.29, 1.82) is 0 Å². The summed E-state index contributed by atoms with van der Waals surface area (Å²) in [5.74, 6) is 0.617. The molecule has 3 atom stereocenters. The van der Waals surface area contributed by atoms with Gasteiger partial charge < -0.3 is 34.9 Å². The molecular weight excluding hydrogens is 378 g/mol. The highest BCUT2D eigenvalue weighted by Crippen LogP contribution is 2.19. The van der Waals surface area contributed by atoms with Crippen molar-refractivity contribution in [2.24, 2.45) is 0 Å². The summed E-state index contributed by atoms with van der Waals surface area (Å²) < 4.78 is 16.2. The van der Waals surface area contributed by atoms with Gasteiger partial charge in [0.25, 0.3) is 0 Å². The van der Waals surface area contributed by atoms with Crippen LogP contribution in [0.25, 0.3) is 0 Å². The lowest BCUT2D eigenvalue weighted by Gasteiger charge is -2.33. The van der Waals surface area contributed by atoms with Gasteiger partial charge in [-0.05, 0) is 12.1 Å². The minimum atomic E-state index is -0.640. The van der Waals surface area contributed by atoms with Crippen molar-refractivity contribution in [3.8, 4) is 5.75 Å². The predicted octanol–water partition coefficient (Wildman–Crippen LogP) is 0.750. The van der Waals surface area contributed by atoms with Gasteiger partial charge in [0.2, 0.25) is 5.91 Å². The van der Waals surface area contributed by atoms with Gasteiger partial charge in [0.05, 0.1) is 45.5 Å². The lowest BCUT2D eigenvalue weighted by molar-refractivity contribution is -0.139. The highest BCUT2D eigenvalue weighted by Gasteiger charge is 2.30. The zero-order valence-electron chi connectivity index (χ0n) is 16.4. The topological polar surface area (TPSA) is 109 Å². The Balaban J connectivity index is 1.53. The summed E-state index contributed by atoms with van der Waals surface area (Å²) in [5.41, 5.74) is 0.581. The minimum absolute atomic E-state index is 0.0122. The number of aliphatic hydroxyl groups excluding tert-OH is 1. The van der Waals surface area contributed by atoms with E-state index in [1.807, 2.05) is 0 Å². The van der Waals surface area contributed by atoms with Crippen LogP contribution in [0.2, 0.25) is 0 Å². The molecule has 1 aromatic rings. The van der Waals surface area contributed by atoms with E-state index in [4.69, 9.17) is 14.2 Å². The molecular formula is C20H27N3O6. The molecule has 3 N–H and O–H groups in total. The lowest BCUT2D eigenvalue weighted by atomic mass is 10.0. The Morgan fingerprint density at radius 1 is 1.28 bits per heavy atom. The second kappa shape index (κ2) is 10.2. The third-order valence-electron chi connectivity index (χ3n) is 4.83. The van der Waals surface area contributed by atoms with Crippen molar-refractivity contribution >= 4 is 17.6 Å². The van der Waals surface area contributed by atoms with E-state index in [2.05, 4.69) is 10.6 Å². The molecule has 0 bridgehead atoms. The van der Waals surface area contributed by atoms with Crippen LogP contribution in [0.4, 0.5) is 10.5 Å². The smallest absolute Gasteiger partial charge is 0.319 e. The number of nitrogens with one attached hydrogen (secondary N) is 2. The molecule has 0 radical (unpaired) electrons. The fourth-order valence-electron chi connectivity index (χ4n) is 3.27. The van der Waals surface area contributed by atoms with Crippen LogP contribution in [-0.4, -0.2) is 80.2 Å². The number of hydrogen-bond acceptors (Lipinski definition) is 6. The number of nitrogens with zero attached hydrogens (tertiary/aromatic N) is 1. The zero-order valence-corrected chi connectivity index (χ0v) is 16.4. The first-order valence-electron chi connectivity index (χ1n) is 9.61. The molecule has 1 aromatic carbocycles. The number of benzene rings is 1. The number of morpholine rings is 1. The van der Waals surface area contributed by atoms with Crippen LogP contribution in [0.15, 0.2) is 36.4 Å². The lowest BCUT2D eigenvalue weighted by Crippen LogP contribution is -2.50. The average molecular weight is 405 g/mol. The Morgan fingerprint density at radius 3 is 2.79 bits per heavy atom. The summed E-state index contributed by atoms with van der Waals surface area (Å²) in [6.07, 6.45) is 2.62. The van der Waals surface area contributed by atoms with Crippen molar-refractivity contribution in [3.05, 3.63) is 36.4 Å². The number of hydrogen-bond donors (Lipinski definition) is 3. The van der Waals surface area contributed by atoms with Crippen LogP contribution in [0.3, 0.4) is 0 Å². The second-order valence-electron chi connectivity index (χ2n) is 6.83. The molecule has 0 saturated carbocycles. The second-order valence-corrected chi connectivity index (χ2v) is 6.83. The monoisotopic (exact) mass is 405 g/mol. The summed E-state index contributed by atoms with van der Waals surface area (Å²) in [6, 6.07) is 6.04. The molecule has 2 aliphatic heterocycles. The van der Waals surface area contributed by atoms with Crippen molar-refractivity contribution in [3.63, 3.8) is 0 Å². The molecule has 0 spiro atoms. The minimum Gasteiger partial charge on any atom is -0.497 e. The summed E-state index contributed by atoms with van der Waals surface area (Å²) in [5, 5.41) is 15.2. The molecule has 0 aromatic heterocycles. The van der Waals surface area contributed by atoms with E-state index in [0.717, 1.165) is 0 Å². The van der Waals surface area contributed by atoms with Crippen LogP contribution >= 0.6 is 0 Å². The maximum atomic E-state index is 12.4. The molecule has 29 heavy (non-hydrogen) atoms. The number of carbonyl (C=O) groups is 2. The molecule has 0 aliphatic carbocycles. The number of urea groups is 1. The highest BCUT2D eigenvalue weighted by molar-refractivity contribution is 5.89. The number of carbonyl (C=O) groups excluding carboxylic acids is 2. The molecule has 1 saturated heterocycles. The van der Waals surface area contributed by atoms with Crippen LogP contribution < -0.4 is 15.4 Å². The number of rotatable bonds is 6. The van der Waals surface area contributed by atoms with E-state index in [1.54, 1.807) is 48.4 Å². The van der Waals surface area contributed by atoms with E-state index in [1.165, 1.54) is 0 Å². The fraction of sp³-hybridized carbons (Fsp3) is 0.500. The number of amides is 3. The Kier molecular flexibility index (Phi) is 7.45. The van der Waals surface area contributed by atoms with Gasteiger partial charge in [-0.3, -0.25) is 4.79 Å². The molecule has 2 heterocycles. The Bertz CT molecular complexity index is 735. The quantitative estimate of drug-likeness (QED) is 0.603. The summed E-state index contributed by atoms with van der Waals surface area (Å²) >= 11 is 0. The molecule has 9 nitrogen and oxygen atoms in total. The van der Waals surface area contributed by atoms with Gasteiger partial charge in [-0.1, -0.05) is 18.2 Å². The van der Waals surface area contributed by atoms with Crippen molar-refractivity contribution < 1.29 is 28.9 Å². The van der Waals surface area contributed by atoms with Crippen molar-refractivity contribution in [2.75, 3.05) is 45.3 Å². The summed E-state index contributed by atoms with van der Waals surface area (Å²) in [7, 11) is 1.55. The van der Waals surface area contributed by atoms with E-state index in [-0.39, 0.29) is 18.9 Å². The fourth-order valence-corrected chi connectivity index (χ4v) is 3.27. The zero-order chi connectivity index (χ0) is 20.6. The van der Waals surface area contributed by atoms with Gasteiger partial charge in [0, 0.05) is 24.8 Å². The van der Waals surface area contributed by atoms with Gasteiger partial charge in [-0.25, -0.2) is 4.79 Å². The van der Waals surface area contributed by atoms with E-state index < -0.39 is 24.3 Å². The molecule has 158 valence electrons. The predicted molar refractivity (Wildman–Crippen MR) is 106 cm³/mol. The third-order valence-corrected chi connectivity index (χ3v) is 4.83. The molecule has 9 heteroatoms. The van der Waals surface area contributed by atoms with Gasteiger partial charge in [0.1, 0.15) is 11.9 Å². The van der Waals surface area contributed by atoms with Crippen molar-refractivity contribution in [1.82, 2.24) is 10.2 Å². The van der Waals surface area contributed by atoms with Crippen LogP contribution in [-0.2, 0) is 14.3 Å². The van der Waals surface area contributed by atoms with Gasteiger partial charge in [0.15, 0.2) is 0 Å². The molecule has 3 rings (SSSR count). The average Bonchev–Trinajstić information content (AvgIpc) is 2.75. The molecule has 0 unspecified atom stereocenters. The normalized spacial score (nSPS) is 24.1. The number of aliphatic hydroxyl groups is 1. The molecule has 3 amide bonds. The molecule has 2 aliphatic rings. The number of methoxy groups -OCH3 is 1. The summed E-state index contributed by atoms with van der Waals surface area (Å²) in [4.78, 5) is 26.4. The van der Waals surface area contributed by atoms with Gasteiger partial charge in [-0.15, -0.1) is 0 Å². The first-order chi connectivity index (χ1) is 14.1. The third kappa shape index (κ3) is 5.93. The number of anilines is 1. The first kappa shape index (κ1) is 21.1. The number of ether oxygens (including phenoxy) is 3. The molecule has 1 fully saturated rings.